The molecule has 5 heteroatoms. The van der Waals surface area contributed by atoms with E-state index >= 15 is 0 Å². The van der Waals surface area contributed by atoms with E-state index in [1.54, 1.807) is 6.07 Å². The molecule has 0 spiro atoms. The molecule has 1 aromatic rings. The van der Waals surface area contributed by atoms with Crippen molar-refractivity contribution in [1.82, 2.24) is 0 Å². The molecule has 0 N–H and O–H groups in total. The van der Waals surface area contributed by atoms with E-state index in [1.807, 2.05) is 11.8 Å². The van der Waals surface area contributed by atoms with Crippen LogP contribution >= 0.6 is 0 Å². The van der Waals surface area contributed by atoms with Gasteiger partial charge in [-0.05, 0) is 19.9 Å². The average Bonchev–Trinajstić information content (AvgIpc) is 2.35. The molecule has 18 heavy (non-hydrogen) atoms. The Hall–Kier alpha value is -2.35. The Morgan fingerprint density at radius 3 is 2.67 bits per heavy atom. The largest absolute Gasteiger partial charge is 0.360 e. The van der Waals surface area contributed by atoms with Crippen molar-refractivity contribution in [3.63, 3.8) is 0 Å². The summed E-state index contributed by atoms with van der Waals surface area (Å²) in [4.78, 5) is 23.6. The molecular formula is C13H14N2O3. The van der Waals surface area contributed by atoms with Crippen LogP contribution in [-0.2, 0) is 0 Å². The van der Waals surface area contributed by atoms with Crippen LogP contribution < -0.4 is 4.90 Å². The van der Waals surface area contributed by atoms with E-state index in [9.17, 15) is 14.9 Å². The first-order valence-corrected chi connectivity index (χ1v) is 5.49. The standard InChI is InChI=1S/C13H14N2O3/c1-4-8-14(5-2)13-7-6-11(15(17)18)9-12(13)10(3)16/h1,6-7,9H,5,8H2,2-3H3. The highest BCUT2D eigenvalue weighted by molar-refractivity contribution is 6.00. The number of anilines is 1. The van der Waals surface area contributed by atoms with Crippen LogP contribution in [0.3, 0.4) is 0 Å². The monoisotopic (exact) mass is 246 g/mol. The van der Waals surface area contributed by atoms with Crippen LogP contribution in [0.5, 0.6) is 0 Å². The van der Waals surface area contributed by atoms with Gasteiger partial charge in [0.05, 0.1) is 11.5 Å². The SMILES string of the molecule is C#CCN(CC)c1ccc([N+](=O)[O-])cc1C(C)=O. The van der Waals surface area contributed by atoms with Gasteiger partial charge in [-0.15, -0.1) is 6.42 Å². The maximum Gasteiger partial charge on any atom is 0.270 e. The Morgan fingerprint density at radius 2 is 2.22 bits per heavy atom. The Morgan fingerprint density at radius 1 is 1.56 bits per heavy atom. The van der Waals surface area contributed by atoms with Crippen LogP contribution in [0.2, 0.25) is 0 Å². The molecular weight excluding hydrogens is 232 g/mol. The number of benzene rings is 1. The van der Waals surface area contributed by atoms with Gasteiger partial charge in [0.2, 0.25) is 0 Å². The molecule has 0 aliphatic rings. The fourth-order valence-electron chi connectivity index (χ4n) is 1.67. The molecule has 0 bridgehead atoms. The topological polar surface area (TPSA) is 63.4 Å². The number of terminal acetylenes is 1. The van der Waals surface area contributed by atoms with Crippen molar-refractivity contribution >= 4 is 17.2 Å². The molecule has 0 atom stereocenters. The Balaban J connectivity index is 3.31. The lowest BCUT2D eigenvalue weighted by Gasteiger charge is -2.22. The third kappa shape index (κ3) is 2.86. The van der Waals surface area contributed by atoms with E-state index in [0.717, 1.165) is 0 Å². The fourth-order valence-corrected chi connectivity index (χ4v) is 1.67. The molecule has 0 saturated carbocycles. The van der Waals surface area contributed by atoms with E-state index in [1.165, 1.54) is 19.1 Å². The zero-order valence-electron chi connectivity index (χ0n) is 10.3. The number of nitrogens with zero attached hydrogens (tertiary/aromatic N) is 2. The van der Waals surface area contributed by atoms with Gasteiger partial charge in [-0.2, -0.15) is 0 Å². The number of carbonyl (C=O) groups is 1. The summed E-state index contributed by atoms with van der Waals surface area (Å²) in [5.74, 6) is 2.28. The average molecular weight is 246 g/mol. The predicted octanol–water partition coefficient (Wildman–Crippen LogP) is 2.26. The van der Waals surface area contributed by atoms with Gasteiger partial charge < -0.3 is 4.90 Å². The molecule has 0 radical (unpaired) electrons. The highest BCUT2D eigenvalue weighted by Gasteiger charge is 2.17. The van der Waals surface area contributed by atoms with Crippen LogP contribution in [0.1, 0.15) is 24.2 Å². The van der Waals surface area contributed by atoms with Gasteiger partial charge in [0.1, 0.15) is 0 Å². The highest BCUT2D eigenvalue weighted by atomic mass is 16.6. The highest BCUT2D eigenvalue weighted by Crippen LogP contribution is 2.25. The summed E-state index contributed by atoms with van der Waals surface area (Å²) in [6.45, 7) is 4.27. The minimum Gasteiger partial charge on any atom is -0.360 e. The van der Waals surface area contributed by atoms with Gasteiger partial charge in [-0.1, -0.05) is 5.92 Å². The second-order valence-corrected chi connectivity index (χ2v) is 3.73. The van der Waals surface area contributed by atoms with Crippen molar-refractivity contribution in [1.29, 1.82) is 0 Å². The van der Waals surface area contributed by atoms with Crippen LogP contribution in [0, 0.1) is 22.5 Å². The van der Waals surface area contributed by atoms with Crippen molar-refractivity contribution in [3.05, 3.63) is 33.9 Å². The van der Waals surface area contributed by atoms with Crippen molar-refractivity contribution in [3.8, 4) is 12.3 Å². The van der Waals surface area contributed by atoms with Gasteiger partial charge in [0.15, 0.2) is 5.78 Å². The van der Waals surface area contributed by atoms with E-state index in [2.05, 4.69) is 5.92 Å². The Kier molecular flexibility index (Phi) is 4.44. The maximum atomic E-state index is 11.6. The third-order valence-corrected chi connectivity index (χ3v) is 2.57. The van der Waals surface area contributed by atoms with Gasteiger partial charge in [0, 0.05) is 29.9 Å². The smallest absolute Gasteiger partial charge is 0.270 e. The molecule has 0 amide bonds. The number of carbonyl (C=O) groups excluding carboxylic acids is 1. The minimum atomic E-state index is -0.520. The van der Waals surface area contributed by atoms with Crippen molar-refractivity contribution in [2.75, 3.05) is 18.0 Å². The van der Waals surface area contributed by atoms with Gasteiger partial charge >= 0.3 is 0 Å². The predicted molar refractivity (Wildman–Crippen MR) is 69.8 cm³/mol. The van der Waals surface area contributed by atoms with Gasteiger partial charge in [-0.3, -0.25) is 14.9 Å². The molecule has 0 unspecified atom stereocenters. The van der Waals surface area contributed by atoms with E-state index in [0.29, 0.717) is 24.3 Å². The molecule has 0 aliphatic carbocycles. The van der Waals surface area contributed by atoms with E-state index in [-0.39, 0.29) is 11.5 Å². The molecule has 0 heterocycles. The number of nitro groups is 1. The summed E-state index contributed by atoms with van der Waals surface area (Å²) < 4.78 is 0. The molecule has 1 rings (SSSR count). The lowest BCUT2D eigenvalue weighted by Crippen LogP contribution is -2.24. The quantitative estimate of drug-likeness (QED) is 0.346. The summed E-state index contributed by atoms with van der Waals surface area (Å²) in [5, 5.41) is 10.7. The summed E-state index contributed by atoms with van der Waals surface area (Å²) in [7, 11) is 0. The number of non-ortho nitro benzene ring substituents is 1. The summed E-state index contributed by atoms with van der Waals surface area (Å²) in [5.41, 5.74) is 0.857. The maximum absolute atomic E-state index is 11.6. The molecule has 94 valence electrons. The lowest BCUT2D eigenvalue weighted by molar-refractivity contribution is -0.384. The van der Waals surface area contributed by atoms with Crippen molar-refractivity contribution in [2.24, 2.45) is 0 Å². The summed E-state index contributed by atoms with van der Waals surface area (Å²) in [6, 6.07) is 4.23. The first kappa shape index (κ1) is 13.7. The number of ketones is 1. The normalized spacial score (nSPS) is 9.61. The first-order valence-electron chi connectivity index (χ1n) is 5.49. The van der Waals surface area contributed by atoms with Crippen LogP contribution in [-0.4, -0.2) is 23.8 Å². The third-order valence-electron chi connectivity index (χ3n) is 2.57. The summed E-state index contributed by atoms with van der Waals surface area (Å²) in [6.07, 6.45) is 5.26. The van der Waals surface area contributed by atoms with Crippen molar-refractivity contribution in [2.45, 2.75) is 13.8 Å². The van der Waals surface area contributed by atoms with Crippen LogP contribution in [0.15, 0.2) is 18.2 Å². The zero-order valence-corrected chi connectivity index (χ0v) is 10.3. The van der Waals surface area contributed by atoms with Gasteiger partial charge in [0.25, 0.3) is 5.69 Å². The zero-order chi connectivity index (χ0) is 13.7. The van der Waals surface area contributed by atoms with E-state index in [4.69, 9.17) is 6.42 Å². The Bertz CT molecular complexity index is 517. The number of hydrogen-bond donors (Lipinski definition) is 0. The fraction of sp³-hybridized carbons (Fsp3) is 0.308. The van der Waals surface area contributed by atoms with Gasteiger partial charge in [-0.25, -0.2) is 0 Å². The molecule has 5 nitrogen and oxygen atoms in total. The number of nitro benzene ring substituents is 1. The molecule has 0 aromatic heterocycles. The second kappa shape index (κ2) is 5.82. The minimum absolute atomic E-state index is 0.0966. The first-order chi connectivity index (χ1) is 8.51. The number of Topliss-reactive ketones (excluding diaryl/α,β-unsaturated/α-hetero) is 1. The summed E-state index contributed by atoms with van der Waals surface area (Å²) >= 11 is 0. The number of rotatable bonds is 5. The molecule has 0 fully saturated rings. The molecule has 0 aliphatic heterocycles. The lowest BCUT2D eigenvalue weighted by atomic mass is 10.1. The van der Waals surface area contributed by atoms with Crippen LogP contribution in [0.25, 0.3) is 0 Å². The number of hydrogen-bond acceptors (Lipinski definition) is 4. The Labute approximate surface area is 106 Å². The van der Waals surface area contributed by atoms with E-state index < -0.39 is 4.92 Å². The van der Waals surface area contributed by atoms with Crippen LogP contribution in [0.4, 0.5) is 11.4 Å². The second-order valence-electron chi connectivity index (χ2n) is 3.73. The molecule has 1 aromatic carbocycles. The van der Waals surface area contributed by atoms with Crippen molar-refractivity contribution < 1.29 is 9.72 Å². The molecule has 0 saturated heterocycles.